The summed E-state index contributed by atoms with van der Waals surface area (Å²) >= 11 is 0. The van der Waals surface area contributed by atoms with Crippen LogP contribution in [0.2, 0.25) is 0 Å². The lowest BCUT2D eigenvalue weighted by Gasteiger charge is -2.25. The number of nitrogens with zero attached hydrogens (tertiary/aromatic N) is 1. The van der Waals surface area contributed by atoms with Crippen LogP contribution in [-0.4, -0.2) is 56.6 Å². The first kappa shape index (κ1) is 21.2. The molecule has 2 aromatic carbocycles. The highest BCUT2D eigenvalue weighted by molar-refractivity contribution is 5.31. The molecule has 0 aliphatic heterocycles. The van der Waals surface area contributed by atoms with Crippen molar-refractivity contribution in [3.05, 3.63) is 59.7 Å². The molecule has 0 fully saturated rings. The highest BCUT2D eigenvalue weighted by Crippen LogP contribution is 2.17. The highest BCUT2D eigenvalue weighted by Gasteiger charge is 2.14. The molecule has 1 atom stereocenters. The van der Waals surface area contributed by atoms with Crippen LogP contribution in [0.4, 0.5) is 0 Å². The van der Waals surface area contributed by atoms with Gasteiger partial charge in [-0.1, -0.05) is 30.3 Å². The molecule has 0 aromatic heterocycles. The van der Waals surface area contributed by atoms with Crippen molar-refractivity contribution in [3.8, 4) is 11.5 Å². The van der Waals surface area contributed by atoms with Crippen molar-refractivity contribution in [3.63, 3.8) is 0 Å². The first-order chi connectivity index (χ1) is 13.1. The molecule has 5 heteroatoms. The molecule has 0 heterocycles. The van der Waals surface area contributed by atoms with E-state index in [4.69, 9.17) is 14.2 Å². The molecule has 0 radical (unpaired) electrons. The molecule has 0 saturated heterocycles. The number of rotatable bonds is 12. The molecule has 0 spiro atoms. The third-order valence-electron chi connectivity index (χ3n) is 4.38. The fraction of sp³-hybridized carbons (Fsp3) is 0.455. The van der Waals surface area contributed by atoms with Gasteiger partial charge in [-0.15, -0.1) is 0 Å². The fourth-order valence-corrected chi connectivity index (χ4v) is 2.91. The Kier molecular flexibility index (Phi) is 9.11. The summed E-state index contributed by atoms with van der Waals surface area (Å²) in [7, 11) is 3.37. The summed E-state index contributed by atoms with van der Waals surface area (Å²) in [4.78, 5) is 2.23. The van der Waals surface area contributed by atoms with Crippen molar-refractivity contribution in [2.45, 2.75) is 26.0 Å². The van der Waals surface area contributed by atoms with E-state index in [-0.39, 0.29) is 6.61 Å². The first-order valence-corrected chi connectivity index (χ1v) is 9.33. The first-order valence-electron chi connectivity index (χ1n) is 9.33. The van der Waals surface area contributed by atoms with Gasteiger partial charge in [0, 0.05) is 33.4 Å². The SMILES string of the molecule is COCCCN(Cc1ccc(OC)cc1)C[C@H](O)COc1ccccc1C. The van der Waals surface area contributed by atoms with Crippen molar-refractivity contribution in [2.75, 3.05) is 40.5 Å². The Labute approximate surface area is 162 Å². The van der Waals surface area contributed by atoms with Gasteiger partial charge in [-0.25, -0.2) is 0 Å². The predicted octanol–water partition coefficient (Wildman–Crippen LogP) is 3.28. The lowest BCUT2D eigenvalue weighted by atomic mass is 10.2. The van der Waals surface area contributed by atoms with Gasteiger partial charge in [0.1, 0.15) is 24.2 Å². The zero-order chi connectivity index (χ0) is 19.5. The predicted molar refractivity (Wildman–Crippen MR) is 107 cm³/mol. The van der Waals surface area contributed by atoms with E-state index in [1.807, 2.05) is 43.3 Å². The Morgan fingerprint density at radius 1 is 1.04 bits per heavy atom. The third kappa shape index (κ3) is 7.59. The Morgan fingerprint density at radius 2 is 1.78 bits per heavy atom. The summed E-state index contributed by atoms with van der Waals surface area (Å²) in [6.45, 7) is 5.13. The smallest absolute Gasteiger partial charge is 0.122 e. The van der Waals surface area contributed by atoms with Gasteiger partial charge in [0.05, 0.1) is 7.11 Å². The number of para-hydroxylation sites is 1. The topological polar surface area (TPSA) is 51.2 Å². The molecule has 2 aromatic rings. The lowest BCUT2D eigenvalue weighted by molar-refractivity contribution is 0.0615. The van der Waals surface area contributed by atoms with Crippen LogP contribution in [0.25, 0.3) is 0 Å². The van der Waals surface area contributed by atoms with Crippen LogP contribution in [-0.2, 0) is 11.3 Å². The van der Waals surface area contributed by atoms with E-state index in [2.05, 4.69) is 17.0 Å². The Balaban J connectivity index is 1.90. The summed E-state index contributed by atoms with van der Waals surface area (Å²) < 4.78 is 16.2. The standard InChI is InChI=1S/C22H31NO4/c1-18-7-4-5-8-22(18)27-17-20(24)16-23(13-6-14-25-2)15-19-9-11-21(26-3)12-10-19/h4-5,7-12,20,24H,6,13-17H2,1-3H3/t20-/m0/s1. The van der Waals surface area contributed by atoms with Crippen LogP contribution in [0.3, 0.4) is 0 Å². The van der Waals surface area contributed by atoms with Crippen LogP contribution >= 0.6 is 0 Å². The zero-order valence-corrected chi connectivity index (χ0v) is 16.6. The van der Waals surface area contributed by atoms with Crippen molar-refractivity contribution in [1.29, 1.82) is 0 Å². The fourth-order valence-electron chi connectivity index (χ4n) is 2.91. The van der Waals surface area contributed by atoms with E-state index in [1.165, 1.54) is 5.56 Å². The molecule has 0 bridgehead atoms. The Morgan fingerprint density at radius 3 is 2.44 bits per heavy atom. The van der Waals surface area contributed by atoms with Gasteiger partial charge in [0.15, 0.2) is 0 Å². The van der Waals surface area contributed by atoms with E-state index >= 15 is 0 Å². The number of ether oxygens (including phenoxy) is 3. The minimum Gasteiger partial charge on any atom is -0.497 e. The summed E-state index contributed by atoms with van der Waals surface area (Å²) in [5, 5.41) is 10.5. The van der Waals surface area contributed by atoms with Crippen LogP contribution in [0.5, 0.6) is 11.5 Å². The van der Waals surface area contributed by atoms with E-state index < -0.39 is 6.10 Å². The van der Waals surface area contributed by atoms with Crippen molar-refractivity contribution in [1.82, 2.24) is 4.90 Å². The minimum atomic E-state index is -0.564. The number of methoxy groups -OCH3 is 2. The van der Waals surface area contributed by atoms with Gasteiger partial charge < -0.3 is 19.3 Å². The molecule has 0 amide bonds. The maximum atomic E-state index is 10.5. The van der Waals surface area contributed by atoms with Crippen LogP contribution in [0, 0.1) is 6.92 Å². The van der Waals surface area contributed by atoms with E-state index in [9.17, 15) is 5.11 Å². The van der Waals surface area contributed by atoms with Gasteiger partial charge in [-0.3, -0.25) is 4.90 Å². The van der Waals surface area contributed by atoms with E-state index in [1.54, 1.807) is 14.2 Å². The maximum Gasteiger partial charge on any atom is 0.122 e. The van der Waals surface area contributed by atoms with Crippen molar-refractivity contribution >= 4 is 0 Å². The molecule has 1 N–H and O–H groups in total. The number of aliphatic hydroxyl groups is 1. The Bertz CT molecular complexity index is 660. The maximum absolute atomic E-state index is 10.5. The number of aryl methyl sites for hydroxylation is 1. The number of benzene rings is 2. The zero-order valence-electron chi connectivity index (χ0n) is 16.6. The van der Waals surface area contributed by atoms with E-state index in [0.29, 0.717) is 13.2 Å². The van der Waals surface area contributed by atoms with Gasteiger partial charge in [-0.05, 0) is 42.7 Å². The van der Waals surface area contributed by atoms with Gasteiger partial charge in [-0.2, -0.15) is 0 Å². The van der Waals surface area contributed by atoms with Crippen LogP contribution < -0.4 is 9.47 Å². The largest absolute Gasteiger partial charge is 0.497 e. The van der Waals surface area contributed by atoms with Gasteiger partial charge in [0.2, 0.25) is 0 Å². The molecule has 2 rings (SSSR count). The second-order valence-electron chi connectivity index (χ2n) is 6.66. The normalized spacial score (nSPS) is 12.2. The molecule has 5 nitrogen and oxygen atoms in total. The number of aliphatic hydroxyl groups excluding tert-OH is 1. The second-order valence-corrected chi connectivity index (χ2v) is 6.66. The summed E-state index contributed by atoms with van der Waals surface area (Å²) in [5.41, 5.74) is 2.25. The highest BCUT2D eigenvalue weighted by atomic mass is 16.5. The molecule has 0 aliphatic carbocycles. The average Bonchev–Trinajstić information content (AvgIpc) is 2.68. The summed E-state index contributed by atoms with van der Waals surface area (Å²) in [5.74, 6) is 1.66. The molecule has 0 aliphatic rings. The number of hydrogen-bond donors (Lipinski definition) is 1. The van der Waals surface area contributed by atoms with Crippen LogP contribution in [0.15, 0.2) is 48.5 Å². The minimum absolute atomic E-state index is 0.272. The molecule has 0 saturated carbocycles. The molecule has 0 unspecified atom stereocenters. The lowest BCUT2D eigenvalue weighted by Crippen LogP contribution is -2.36. The summed E-state index contributed by atoms with van der Waals surface area (Å²) in [6.07, 6.45) is 0.350. The molecular weight excluding hydrogens is 342 g/mol. The second kappa shape index (κ2) is 11.6. The van der Waals surface area contributed by atoms with Gasteiger partial charge in [0.25, 0.3) is 0 Å². The monoisotopic (exact) mass is 373 g/mol. The third-order valence-corrected chi connectivity index (χ3v) is 4.38. The number of hydrogen-bond acceptors (Lipinski definition) is 5. The molecule has 148 valence electrons. The van der Waals surface area contributed by atoms with Gasteiger partial charge >= 0.3 is 0 Å². The average molecular weight is 373 g/mol. The van der Waals surface area contributed by atoms with E-state index in [0.717, 1.165) is 36.6 Å². The Hall–Kier alpha value is -2.08. The summed E-state index contributed by atoms with van der Waals surface area (Å²) in [6, 6.07) is 15.9. The quantitative estimate of drug-likeness (QED) is 0.579. The van der Waals surface area contributed by atoms with Crippen molar-refractivity contribution in [2.24, 2.45) is 0 Å². The van der Waals surface area contributed by atoms with Crippen molar-refractivity contribution < 1.29 is 19.3 Å². The van der Waals surface area contributed by atoms with Crippen LogP contribution in [0.1, 0.15) is 17.5 Å². The molecular formula is C22H31NO4. The molecule has 27 heavy (non-hydrogen) atoms.